The van der Waals surface area contributed by atoms with Crippen LogP contribution in [0.15, 0.2) is 35.2 Å². The number of benzene rings is 2. The van der Waals surface area contributed by atoms with Gasteiger partial charge in [0, 0.05) is 5.39 Å². The van der Waals surface area contributed by atoms with Crippen molar-refractivity contribution in [2.75, 3.05) is 0 Å². The molecule has 0 heterocycles. The smallest absolute Gasteiger partial charge is 0.870 e. The van der Waals surface area contributed by atoms with Crippen molar-refractivity contribution in [2.24, 2.45) is 0 Å². The van der Waals surface area contributed by atoms with Crippen LogP contribution in [0.2, 0.25) is 0 Å². The van der Waals surface area contributed by atoms with Crippen molar-refractivity contribution in [1.82, 2.24) is 0 Å². The first-order chi connectivity index (χ1) is 15.5. The SMILES string of the molecule is CCCCCCCCCc1ccc(CCCCCCCCC)c2c(S(=O)(=O)[O-])cccc12.[Ba+2].[OH-]. The fourth-order valence-electron chi connectivity index (χ4n) is 4.68. The minimum Gasteiger partial charge on any atom is -0.870 e. The predicted octanol–water partition coefficient (Wildman–Crippen LogP) is 7.77. The summed E-state index contributed by atoms with van der Waals surface area (Å²) in [6.45, 7) is 4.46. The van der Waals surface area contributed by atoms with Gasteiger partial charge in [0.15, 0.2) is 0 Å². The first-order valence-electron chi connectivity index (χ1n) is 13.0. The predicted molar refractivity (Wildman–Crippen MR) is 143 cm³/mol. The summed E-state index contributed by atoms with van der Waals surface area (Å²) in [7, 11) is -4.50. The van der Waals surface area contributed by atoms with E-state index in [2.05, 4.69) is 26.0 Å². The molecule has 34 heavy (non-hydrogen) atoms. The van der Waals surface area contributed by atoms with Gasteiger partial charge >= 0.3 is 48.9 Å². The van der Waals surface area contributed by atoms with Crippen LogP contribution in [0, 0.1) is 0 Å². The molecule has 0 fully saturated rings. The molecule has 4 nitrogen and oxygen atoms in total. The molecular formula is C28H44BaO4S. The third kappa shape index (κ3) is 11.9. The molecule has 0 aliphatic rings. The largest absolute Gasteiger partial charge is 2.00 e. The van der Waals surface area contributed by atoms with E-state index in [0.29, 0.717) is 5.39 Å². The Kier molecular flexibility index (Phi) is 19.4. The Hall–Kier alpha value is 0.141. The zero-order chi connectivity index (χ0) is 23.2. The Bertz CT molecular complexity index is 912. The molecule has 2 aromatic rings. The van der Waals surface area contributed by atoms with Gasteiger partial charge in [-0.15, -0.1) is 0 Å². The van der Waals surface area contributed by atoms with Crippen molar-refractivity contribution in [3.05, 3.63) is 41.5 Å². The normalized spacial score (nSPS) is 11.3. The molecule has 2 rings (SSSR count). The van der Waals surface area contributed by atoms with Crippen LogP contribution in [-0.2, 0) is 23.0 Å². The van der Waals surface area contributed by atoms with Crippen molar-refractivity contribution >= 4 is 69.8 Å². The summed E-state index contributed by atoms with van der Waals surface area (Å²) in [5.41, 5.74) is 2.18. The van der Waals surface area contributed by atoms with Crippen molar-refractivity contribution < 1.29 is 18.4 Å². The van der Waals surface area contributed by atoms with Gasteiger partial charge in [0.05, 0.1) is 4.90 Å². The number of rotatable bonds is 17. The summed E-state index contributed by atoms with van der Waals surface area (Å²) in [5.74, 6) is 0. The second-order valence-electron chi connectivity index (χ2n) is 9.26. The maximum absolute atomic E-state index is 12.0. The van der Waals surface area contributed by atoms with E-state index in [1.165, 1.54) is 82.3 Å². The molecule has 0 radical (unpaired) electrons. The van der Waals surface area contributed by atoms with Crippen molar-refractivity contribution in [3.63, 3.8) is 0 Å². The van der Waals surface area contributed by atoms with Crippen LogP contribution < -0.4 is 0 Å². The van der Waals surface area contributed by atoms with Gasteiger partial charge in [-0.25, -0.2) is 8.42 Å². The fraction of sp³-hybridized carbons (Fsp3) is 0.643. The summed E-state index contributed by atoms with van der Waals surface area (Å²) in [6.07, 6.45) is 19.0. The second kappa shape index (κ2) is 19.3. The van der Waals surface area contributed by atoms with E-state index < -0.39 is 10.1 Å². The molecule has 1 N–H and O–H groups in total. The van der Waals surface area contributed by atoms with Gasteiger partial charge in [-0.2, -0.15) is 0 Å². The van der Waals surface area contributed by atoms with Crippen molar-refractivity contribution in [3.8, 4) is 0 Å². The molecule has 0 spiro atoms. The molecule has 0 bridgehead atoms. The average molecular weight is 614 g/mol. The van der Waals surface area contributed by atoms with E-state index in [0.717, 1.165) is 43.1 Å². The minimum atomic E-state index is -4.50. The maximum atomic E-state index is 12.0. The van der Waals surface area contributed by atoms with Gasteiger partial charge in [0.1, 0.15) is 10.1 Å². The molecular weight excluding hydrogens is 570 g/mol. The van der Waals surface area contributed by atoms with Crippen LogP contribution in [0.5, 0.6) is 0 Å². The Morgan fingerprint density at radius 1 is 0.647 bits per heavy atom. The van der Waals surface area contributed by atoms with E-state index in [9.17, 15) is 13.0 Å². The maximum Gasteiger partial charge on any atom is 2.00 e. The van der Waals surface area contributed by atoms with E-state index in [4.69, 9.17) is 0 Å². The van der Waals surface area contributed by atoms with E-state index >= 15 is 0 Å². The third-order valence-electron chi connectivity index (χ3n) is 6.55. The Balaban J connectivity index is 0.00000544. The van der Waals surface area contributed by atoms with Gasteiger partial charge in [-0.1, -0.05) is 115 Å². The Morgan fingerprint density at radius 3 is 1.59 bits per heavy atom. The van der Waals surface area contributed by atoms with Gasteiger partial charge < -0.3 is 10.0 Å². The number of fused-ring (bicyclic) bond motifs is 1. The summed E-state index contributed by atoms with van der Waals surface area (Å²) in [5, 5.41) is 1.63. The van der Waals surface area contributed by atoms with E-state index in [-0.39, 0.29) is 59.3 Å². The van der Waals surface area contributed by atoms with Crippen LogP contribution in [0.4, 0.5) is 0 Å². The van der Waals surface area contributed by atoms with Crippen LogP contribution in [-0.4, -0.2) is 67.3 Å². The van der Waals surface area contributed by atoms with Gasteiger partial charge in [-0.05, 0) is 48.3 Å². The van der Waals surface area contributed by atoms with Crippen LogP contribution >= 0.6 is 0 Å². The van der Waals surface area contributed by atoms with Gasteiger partial charge in [0.2, 0.25) is 0 Å². The second-order valence-corrected chi connectivity index (χ2v) is 10.6. The monoisotopic (exact) mass is 614 g/mol. The summed E-state index contributed by atoms with van der Waals surface area (Å²) >= 11 is 0. The van der Waals surface area contributed by atoms with Crippen LogP contribution in [0.1, 0.15) is 115 Å². The minimum absolute atomic E-state index is 0. The molecule has 0 amide bonds. The topological polar surface area (TPSA) is 87.2 Å². The summed E-state index contributed by atoms with van der Waals surface area (Å²) < 4.78 is 36.1. The molecule has 2 aromatic carbocycles. The summed E-state index contributed by atoms with van der Waals surface area (Å²) in [6, 6.07) is 9.44. The van der Waals surface area contributed by atoms with E-state index in [1.807, 2.05) is 6.07 Å². The molecule has 0 saturated heterocycles. The molecule has 0 aromatic heterocycles. The molecule has 0 aliphatic heterocycles. The van der Waals surface area contributed by atoms with Crippen LogP contribution in [0.3, 0.4) is 0 Å². The third-order valence-corrected chi connectivity index (χ3v) is 7.43. The van der Waals surface area contributed by atoms with Gasteiger partial charge in [0.25, 0.3) is 0 Å². The number of aryl methyl sites for hydroxylation is 2. The summed E-state index contributed by atoms with van der Waals surface area (Å²) in [4.78, 5) is -0.0469. The number of hydrogen-bond donors (Lipinski definition) is 0. The Labute approximate surface area is 248 Å². The first kappa shape index (κ1) is 34.1. The van der Waals surface area contributed by atoms with E-state index in [1.54, 1.807) is 6.07 Å². The van der Waals surface area contributed by atoms with Crippen molar-refractivity contribution in [2.45, 2.75) is 121 Å². The quantitative estimate of drug-likeness (QED) is 0.104. The van der Waals surface area contributed by atoms with Crippen LogP contribution in [0.25, 0.3) is 10.8 Å². The first-order valence-corrected chi connectivity index (χ1v) is 14.4. The molecule has 0 unspecified atom stereocenters. The molecule has 0 aliphatic carbocycles. The number of unbranched alkanes of at least 4 members (excludes halogenated alkanes) is 12. The van der Waals surface area contributed by atoms with Gasteiger partial charge in [-0.3, -0.25) is 0 Å². The molecule has 0 saturated carbocycles. The Morgan fingerprint density at radius 2 is 1.09 bits per heavy atom. The number of hydrogen-bond acceptors (Lipinski definition) is 4. The molecule has 0 atom stereocenters. The average Bonchev–Trinajstić information content (AvgIpc) is 2.77. The van der Waals surface area contributed by atoms with Crippen molar-refractivity contribution in [1.29, 1.82) is 0 Å². The fourth-order valence-corrected chi connectivity index (χ4v) is 5.42. The molecule has 6 heteroatoms. The zero-order valence-electron chi connectivity index (χ0n) is 21.5. The zero-order valence-corrected chi connectivity index (χ0v) is 26.7. The standard InChI is InChI=1S/C28H44O3S.Ba.H2O/c1-3-5-7-9-11-13-15-18-24-22-23-25(19-16-14-12-10-8-6-4-2)28-26(24)20-17-21-27(28)32(29,30)31;;/h17,20-23H,3-16,18-19H2,1-2H3,(H,29,30,31);;1H2/q;+2;/p-2. The molecule has 188 valence electrons.